The molecule has 5 heteroatoms. The van der Waals surface area contributed by atoms with Gasteiger partial charge in [-0.2, -0.15) is 0 Å². The standard InChI is InChI=1S/C24H22FNO3/c1-24(28-2,18-11-5-6-12-19(18)25)15-26-23(27)22-16-9-3-7-13-20(16)29-21-14-8-4-10-17(21)22/h3-14,22H,15H2,1-2H3,(H,26,27). The molecular formula is C24H22FNO3. The molecular weight excluding hydrogens is 369 g/mol. The Balaban J connectivity index is 1.63. The van der Waals surface area contributed by atoms with Crippen LogP contribution in [0, 0.1) is 5.82 Å². The van der Waals surface area contributed by atoms with Gasteiger partial charge >= 0.3 is 0 Å². The second-order valence-electron chi connectivity index (χ2n) is 7.24. The maximum atomic E-state index is 14.3. The highest BCUT2D eigenvalue weighted by molar-refractivity contribution is 5.89. The Bertz CT molecular complexity index is 1010. The van der Waals surface area contributed by atoms with Crippen molar-refractivity contribution in [2.75, 3.05) is 13.7 Å². The molecule has 1 atom stereocenters. The molecule has 0 saturated heterocycles. The van der Waals surface area contributed by atoms with Gasteiger partial charge in [-0.25, -0.2) is 4.39 Å². The number of hydrogen-bond donors (Lipinski definition) is 1. The number of carbonyl (C=O) groups excluding carboxylic acids is 1. The highest BCUT2D eigenvalue weighted by Gasteiger charge is 2.35. The molecule has 4 rings (SSSR count). The molecule has 0 saturated carbocycles. The number of hydrogen-bond acceptors (Lipinski definition) is 3. The predicted molar refractivity (Wildman–Crippen MR) is 109 cm³/mol. The van der Waals surface area contributed by atoms with Crippen LogP contribution in [0.5, 0.6) is 11.5 Å². The minimum absolute atomic E-state index is 0.130. The summed E-state index contributed by atoms with van der Waals surface area (Å²) in [6.07, 6.45) is 0. The number of halogens is 1. The first kappa shape index (κ1) is 19.2. The van der Waals surface area contributed by atoms with Gasteiger partial charge in [-0.3, -0.25) is 4.79 Å². The van der Waals surface area contributed by atoms with Crippen LogP contribution in [0.15, 0.2) is 72.8 Å². The van der Waals surface area contributed by atoms with E-state index in [0.29, 0.717) is 17.1 Å². The van der Waals surface area contributed by atoms with Gasteiger partial charge in [0.1, 0.15) is 22.9 Å². The zero-order valence-electron chi connectivity index (χ0n) is 16.3. The number of fused-ring (bicyclic) bond motifs is 2. The van der Waals surface area contributed by atoms with Crippen LogP contribution >= 0.6 is 0 Å². The summed E-state index contributed by atoms with van der Waals surface area (Å²) in [6, 6.07) is 21.4. The summed E-state index contributed by atoms with van der Waals surface area (Å²) in [5.74, 6) is 0.253. The van der Waals surface area contributed by atoms with Gasteiger partial charge in [0.25, 0.3) is 0 Å². The number of para-hydroxylation sites is 2. The molecule has 1 amide bonds. The molecule has 0 aliphatic carbocycles. The van der Waals surface area contributed by atoms with Crippen molar-refractivity contribution in [3.63, 3.8) is 0 Å². The predicted octanol–water partition coefficient (Wildman–Crippen LogP) is 4.74. The van der Waals surface area contributed by atoms with Crippen LogP contribution in [0.2, 0.25) is 0 Å². The van der Waals surface area contributed by atoms with Crippen LogP contribution < -0.4 is 10.1 Å². The van der Waals surface area contributed by atoms with Gasteiger partial charge in [0.15, 0.2) is 0 Å². The van der Waals surface area contributed by atoms with Gasteiger partial charge in [0, 0.05) is 23.8 Å². The second-order valence-corrected chi connectivity index (χ2v) is 7.24. The van der Waals surface area contributed by atoms with Crippen molar-refractivity contribution in [3.05, 3.63) is 95.3 Å². The highest BCUT2D eigenvalue weighted by atomic mass is 19.1. The van der Waals surface area contributed by atoms with E-state index in [-0.39, 0.29) is 18.3 Å². The minimum atomic E-state index is -0.995. The fourth-order valence-electron chi connectivity index (χ4n) is 3.72. The van der Waals surface area contributed by atoms with E-state index in [1.165, 1.54) is 13.2 Å². The first-order valence-electron chi connectivity index (χ1n) is 9.47. The van der Waals surface area contributed by atoms with Gasteiger partial charge in [-0.1, -0.05) is 54.6 Å². The van der Waals surface area contributed by atoms with E-state index in [9.17, 15) is 9.18 Å². The fraction of sp³-hybridized carbons (Fsp3) is 0.208. The monoisotopic (exact) mass is 391 g/mol. The number of rotatable bonds is 5. The average Bonchev–Trinajstić information content (AvgIpc) is 2.76. The van der Waals surface area contributed by atoms with Crippen molar-refractivity contribution >= 4 is 5.91 Å². The number of ether oxygens (including phenoxy) is 2. The number of carbonyl (C=O) groups is 1. The van der Waals surface area contributed by atoms with E-state index in [0.717, 1.165) is 11.1 Å². The van der Waals surface area contributed by atoms with Crippen LogP contribution in [0.1, 0.15) is 29.5 Å². The molecule has 0 aromatic heterocycles. The normalized spacial score (nSPS) is 14.9. The van der Waals surface area contributed by atoms with E-state index in [1.54, 1.807) is 25.1 Å². The summed E-state index contributed by atoms with van der Waals surface area (Å²) >= 11 is 0. The van der Waals surface area contributed by atoms with E-state index >= 15 is 0 Å². The molecule has 1 N–H and O–H groups in total. The number of benzene rings is 3. The summed E-state index contributed by atoms with van der Waals surface area (Å²) < 4.78 is 25.9. The van der Waals surface area contributed by atoms with Crippen molar-refractivity contribution < 1.29 is 18.7 Å². The molecule has 1 aliphatic rings. The molecule has 3 aromatic carbocycles. The number of amides is 1. The van der Waals surface area contributed by atoms with Crippen LogP contribution in [-0.4, -0.2) is 19.6 Å². The lowest BCUT2D eigenvalue weighted by Crippen LogP contribution is -2.42. The van der Waals surface area contributed by atoms with Crippen molar-refractivity contribution in [1.29, 1.82) is 0 Å². The lowest BCUT2D eigenvalue weighted by Gasteiger charge is -2.31. The van der Waals surface area contributed by atoms with Crippen molar-refractivity contribution in [2.24, 2.45) is 0 Å². The third-order valence-electron chi connectivity index (χ3n) is 5.44. The first-order chi connectivity index (χ1) is 14.0. The van der Waals surface area contributed by atoms with Gasteiger partial charge in [-0.05, 0) is 25.1 Å². The molecule has 0 radical (unpaired) electrons. The van der Waals surface area contributed by atoms with E-state index in [2.05, 4.69) is 5.32 Å². The molecule has 4 nitrogen and oxygen atoms in total. The van der Waals surface area contributed by atoms with Gasteiger partial charge in [-0.15, -0.1) is 0 Å². The Morgan fingerprint density at radius 2 is 1.55 bits per heavy atom. The molecule has 0 spiro atoms. The Hall–Kier alpha value is -3.18. The Kier molecular flexibility index (Phi) is 5.07. The first-order valence-corrected chi connectivity index (χ1v) is 9.47. The third kappa shape index (κ3) is 3.49. The third-order valence-corrected chi connectivity index (χ3v) is 5.44. The molecule has 0 bridgehead atoms. The van der Waals surface area contributed by atoms with E-state index < -0.39 is 11.5 Å². The van der Waals surface area contributed by atoms with Crippen molar-refractivity contribution in [2.45, 2.75) is 18.4 Å². The van der Waals surface area contributed by atoms with Crippen molar-refractivity contribution in [3.8, 4) is 11.5 Å². The van der Waals surface area contributed by atoms with E-state index in [1.807, 2.05) is 48.5 Å². The largest absolute Gasteiger partial charge is 0.457 e. The lowest BCUT2D eigenvalue weighted by molar-refractivity contribution is -0.123. The van der Waals surface area contributed by atoms with Crippen LogP contribution in [-0.2, 0) is 15.1 Å². The zero-order valence-corrected chi connectivity index (χ0v) is 16.3. The smallest absolute Gasteiger partial charge is 0.232 e. The summed E-state index contributed by atoms with van der Waals surface area (Å²) in [5, 5.41) is 2.97. The van der Waals surface area contributed by atoms with Crippen LogP contribution in [0.3, 0.4) is 0 Å². The quantitative estimate of drug-likeness (QED) is 0.683. The zero-order chi connectivity index (χ0) is 20.4. The summed E-state index contributed by atoms with van der Waals surface area (Å²) in [5.41, 5.74) is 1.00. The lowest BCUT2D eigenvalue weighted by atomic mass is 9.87. The molecule has 148 valence electrons. The average molecular weight is 391 g/mol. The minimum Gasteiger partial charge on any atom is -0.457 e. The SMILES string of the molecule is COC(C)(CNC(=O)C1c2ccccc2Oc2ccccc21)c1ccccc1F. The van der Waals surface area contributed by atoms with E-state index in [4.69, 9.17) is 9.47 Å². The fourth-order valence-corrected chi connectivity index (χ4v) is 3.72. The Labute approximate surface area is 169 Å². The maximum absolute atomic E-state index is 14.3. The highest BCUT2D eigenvalue weighted by Crippen LogP contribution is 2.44. The topological polar surface area (TPSA) is 47.6 Å². The number of methoxy groups -OCH3 is 1. The molecule has 3 aromatic rings. The van der Waals surface area contributed by atoms with Crippen LogP contribution in [0.25, 0.3) is 0 Å². The second kappa shape index (κ2) is 7.68. The Morgan fingerprint density at radius 3 is 2.14 bits per heavy atom. The summed E-state index contributed by atoms with van der Waals surface area (Å²) in [6.45, 7) is 1.89. The summed E-state index contributed by atoms with van der Waals surface area (Å²) in [7, 11) is 1.51. The molecule has 1 aliphatic heterocycles. The van der Waals surface area contributed by atoms with Gasteiger partial charge in [0.05, 0.1) is 12.5 Å². The number of nitrogens with one attached hydrogen (secondary N) is 1. The molecule has 29 heavy (non-hydrogen) atoms. The van der Waals surface area contributed by atoms with Gasteiger partial charge in [0.2, 0.25) is 5.91 Å². The van der Waals surface area contributed by atoms with Crippen molar-refractivity contribution in [1.82, 2.24) is 5.32 Å². The van der Waals surface area contributed by atoms with Crippen LogP contribution in [0.4, 0.5) is 4.39 Å². The molecule has 1 unspecified atom stereocenters. The maximum Gasteiger partial charge on any atom is 0.232 e. The Morgan fingerprint density at radius 1 is 1.00 bits per heavy atom. The molecule has 0 fully saturated rings. The summed E-state index contributed by atoms with van der Waals surface area (Å²) in [4.78, 5) is 13.3. The van der Waals surface area contributed by atoms with Gasteiger partial charge < -0.3 is 14.8 Å². The molecule has 1 heterocycles.